The highest BCUT2D eigenvalue weighted by Gasteiger charge is 2.13. The van der Waals surface area contributed by atoms with Gasteiger partial charge in [-0.15, -0.1) is 10.2 Å². The van der Waals surface area contributed by atoms with Crippen molar-refractivity contribution in [2.45, 2.75) is 40.0 Å². The van der Waals surface area contributed by atoms with Crippen molar-refractivity contribution in [2.75, 3.05) is 13.1 Å². The second-order valence-corrected chi connectivity index (χ2v) is 3.61. The van der Waals surface area contributed by atoms with Gasteiger partial charge in [-0.25, -0.2) is 5.01 Å². The van der Waals surface area contributed by atoms with Gasteiger partial charge in [0.1, 0.15) is 0 Å². The molecule has 0 bridgehead atoms. The molecule has 0 aromatic carbocycles. The number of unbranched alkanes of at least 4 members (excludes halogenated alkanes) is 1. The van der Waals surface area contributed by atoms with Crippen LogP contribution in [0.2, 0.25) is 0 Å². The fourth-order valence-corrected chi connectivity index (χ4v) is 1.49. The summed E-state index contributed by atoms with van der Waals surface area (Å²) in [6, 6.07) is 0. The molecule has 0 spiro atoms. The van der Waals surface area contributed by atoms with Gasteiger partial charge < -0.3 is 0 Å². The Morgan fingerprint density at radius 2 is 2.14 bits per heavy atom. The van der Waals surface area contributed by atoms with Gasteiger partial charge in [-0.2, -0.15) is 0 Å². The van der Waals surface area contributed by atoms with Gasteiger partial charge >= 0.3 is 0 Å². The summed E-state index contributed by atoms with van der Waals surface area (Å²) in [6.45, 7) is 8.54. The molecule has 14 heavy (non-hydrogen) atoms. The lowest BCUT2D eigenvalue weighted by atomic mass is 10.1. The van der Waals surface area contributed by atoms with Crippen LogP contribution in [0.15, 0.2) is 11.8 Å². The Labute approximate surface area is 87.0 Å². The first-order chi connectivity index (χ1) is 6.80. The molecule has 0 aliphatic carbocycles. The molecule has 1 heterocycles. The molecule has 0 saturated carbocycles. The van der Waals surface area contributed by atoms with Crippen molar-refractivity contribution >= 4 is 6.21 Å². The second-order valence-electron chi connectivity index (χ2n) is 3.61. The largest absolute Gasteiger partial charge is 0.248 e. The number of nitrogens with one attached hydrogen (secondary N) is 1. The van der Waals surface area contributed by atoms with E-state index < -0.39 is 0 Å². The van der Waals surface area contributed by atoms with E-state index in [4.69, 9.17) is 0 Å². The molecule has 0 aromatic heterocycles. The normalized spacial score (nSPS) is 16.1. The number of nitrogens with zero attached hydrogens (tertiary/aromatic N) is 2. The van der Waals surface area contributed by atoms with Gasteiger partial charge in [0.2, 0.25) is 0 Å². The molecule has 0 unspecified atom stereocenters. The molecular weight excluding hydrogens is 174 g/mol. The molecular formula is C11H22N3+. The van der Waals surface area contributed by atoms with Crippen molar-refractivity contribution < 1.29 is 4.68 Å². The van der Waals surface area contributed by atoms with Crippen LogP contribution in [-0.2, 0) is 0 Å². The first kappa shape index (κ1) is 11.1. The molecule has 1 aliphatic rings. The standard InChI is InChI=1S/C11H22N3/c1-4-7-8-11-9-13(5-2)12-14(6-3)10-11/h9-10,12H,4-8H2,1-3H3/q+1. The lowest BCUT2D eigenvalue weighted by Crippen LogP contribution is -2.45. The van der Waals surface area contributed by atoms with Crippen LogP contribution in [0.5, 0.6) is 0 Å². The summed E-state index contributed by atoms with van der Waals surface area (Å²) < 4.78 is 2.13. The van der Waals surface area contributed by atoms with Crippen molar-refractivity contribution in [3.8, 4) is 0 Å². The van der Waals surface area contributed by atoms with Crippen molar-refractivity contribution in [2.24, 2.45) is 0 Å². The van der Waals surface area contributed by atoms with Crippen molar-refractivity contribution in [1.29, 1.82) is 0 Å². The molecule has 80 valence electrons. The van der Waals surface area contributed by atoms with Crippen LogP contribution in [0.4, 0.5) is 0 Å². The van der Waals surface area contributed by atoms with Crippen LogP contribution in [-0.4, -0.2) is 29.0 Å². The van der Waals surface area contributed by atoms with Crippen LogP contribution >= 0.6 is 0 Å². The average Bonchev–Trinajstić information content (AvgIpc) is 2.25. The maximum atomic E-state index is 3.29. The monoisotopic (exact) mass is 196 g/mol. The Morgan fingerprint density at radius 1 is 1.36 bits per heavy atom. The minimum atomic E-state index is 1.000. The molecule has 1 rings (SSSR count). The Kier molecular flexibility index (Phi) is 4.50. The first-order valence-electron chi connectivity index (χ1n) is 5.65. The lowest BCUT2D eigenvalue weighted by molar-refractivity contribution is -0.609. The molecule has 0 atom stereocenters. The minimum absolute atomic E-state index is 1.000. The highest BCUT2D eigenvalue weighted by atomic mass is 15.7. The third-order valence-electron chi connectivity index (χ3n) is 2.40. The summed E-state index contributed by atoms with van der Waals surface area (Å²) in [5, 5.41) is 2.13. The van der Waals surface area contributed by atoms with Crippen molar-refractivity contribution in [1.82, 2.24) is 10.5 Å². The number of hydrogen-bond donors (Lipinski definition) is 1. The van der Waals surface area contributed by atoms with E-state index in [1.165, 1.54) is 24.8 Å². The van der Waals surface area contributed by atoms with Gasteiger partial charge in [0, 0.05) is 18.3 Å². The number of hydrazone groups is 1. The SMILES string of the molecule is CCCCC1=CN(CC)N[N+](CC)=C1. The highest BCUT2D eigenvalue weighted by Crippen LogP contribution is 2.08. The van der Waals surface area contributed by atoms with Crippen molar-refractivity contribution in [3.05, 3.63) is 11.8 Å². The molecule has 0 aromatic rings. The molecule has 0 saturated heterocycles. The number of hydrazine groups is 2. The number of allylic oxidation sites excluding steroid dienone is 1. The van der Waals surface area contributed by atoms with Crippen LogP contribution < -0.4 is 5.53 Å². The number of hydrogen-bond acceptors (Lipinski definition) is 2. The van der Waals surface area contributed by atoms with Gasteiger partial charge in [-0.3, -0.25) is 0 Å². The third-order valence-corrected chi connectivity index (χ3v) is 2.40. The quantitative estimate of drug-likeness (QED) is 0.677. The third kappa shape index (κ3) is 3.05. The predicted octanol–water partition coefficient (Wildman–Crippen LogP) is 1.92. The molecule has 0 amide bonds. The summed E-state index contributed by atoms with van der Waals surface area (Å²) in [7, 11) is 0. The summed E-state index contributed by atoms with van der Waals surface area (Å²) in [5.41, 5.74) is 4.72. The van der Waals surface area contributed by atoms with Gasteiger partial charge in [0.15, 0.2) is 12.8 Å². The van der Waals surface area contributed by atoms with Gasteiger partial charge in [0.05, 0.1) is 0 Å². The van der Waals surface area contributed by atoms with Gasteiger partial charge in [-0.05, 0) is 26.7 Å². The van der Waals surface area contributed by atoms with Crippen LogP contribution in [0.1, 0.15) is 40.0 Å². The van der Waals surface area contributed by atoms with E-state index in [-0.39, 0.29) is 0 Å². The lowest BCUT2D eigenvalue weighted by Gasteiger charge is -2.21. The summed E-state index contributed by atoms with van der Waals surface area (Å²) in [6.07, 6.45) is 8.14. The second kappa shape index (κ2) is 5.68. The molecule has 0 radical (unpaired) electrons. The molecule has 1 aliphatic heterocycles. The van der Waals surface area contributed by atoms with Gasteiger partial charge in [0.25, 0.3) is 0 Å². The van der Waals surface area contributed by atoms with E-state index in [2.05, 4.69) is 48.4 Å². The van der Waals surface area contributed by atoms with Gasteiger partial charge in [-0.1, -0.05) is 13.3 Å². The topological polar surface area (TPSA) is 18.3 Å². The summed E-state index contributed by atoms with van der Waals surface area (Å²) in [5.74, 6) is 0. The van der Waals surface area contributed by atoms with E-state index in [0.29, 0.717) is 0 Å². The fraction of sp³-hybridized carbons (Fsp3) is 0.727. The zero-order chi connectivity index (χ0) is 10.4. The van der Waals surface area contributed by atoms with E-state index in [9.17, 15) is 0 Å². The van der Waals surface area contributed by atoms with E-state index in [1.807, 2.05) is 0 Å². The van der Waals surface area contributed by atoms with Crippen LogP contribution in [0.3, 0.4) is 0 Å². The zero-order valence-corrected chi connectivity index (χ0v) is 9.58. The van der Waals surface area contributed by atoms with E-state index >= 15 is 0 Å². The smallest absolute Gasteiger partial charge is 0.200 e. The Morgan fingerprint density at radius 3 is 2.71 bits per heavy atom. The molecule has 3 heteroatoms. The highest BCUT2D eigenvalue weighted by molar-refractivity contribution is 5.74. The predicted molar refractivity (Wildman–Crippen MR) is 60.0 cm³/mol. The Balaban J connectivity index is 2.60. The molecule has 1 N–H and O–H groups in total. The fourth-order valence-electron chi connectivity index (χ4n) is 1.49. The average molecular weight is 196 g/mol. The Bertz CT molecular complexity index is 231. The molecule has 3 nitrogen and oxygen atoms in total. The molecule has 0 fully saturated rings. The Hall–Kier alpha value is -0.990. The maximum Gasteiger partial charge on any atom is 0.200 e. The number of rotatable bonds is 5. The maximum absolute atomic E-state index is 3.29. The van der Waals surface area contributed by atoms with Crippen LogP contribution in [0, 0.1) is 0 Å². The first-order valence-corrected chi connectivity index (χ1v) is 5.65. The zero-order valence-electron chi connectivity index (χ0n) is 9.58. The summed E-state index contributed by atoms with van der Waals surface area (Å²) in [4.78, 5) is 0. The summed E-state index contributed by atoms with van der Waals surface area (Å²) >= 11 is 0. The van der Waals surface area contributed by atoms with E-state index in [0.717, 1.165) is 13.1 Å². The van der Waals surface area contributed by atoms with E-state index in [1.54, 1.807) is 0 Å². The van der Waals surface area contributed by atoms with Crippen LogP contribution in [0.25, 0.3) is 0 Å². The van der Waals surface area contributed by atoms with Crippen molar-refractivity contribution in [3.63, 3.8) is 0 Å². The minimum Gasteiger partial charge on any atom is -0.248 e.